The van der Waals surface area contributed by atoms with Gasteiger partial charge >= 0.3 is 0 Å². The van der Waals surface area contributed by atoms with Crippen LogP contribution in [0.5, 0.6) is 0 Å². The number of hydrogen-bond acceptors (Lipinski definition) is 1. The van der Waals surface area contributed by atoms with Crippen molar-refractivity contribution in [3.63, 3.8) is 0 Å². The van der Waals surface area contributed by atoms with Crippen LogP contribution < -0.4 is 0 Å². The quantitative estimate of drug-likeness (QED) is 0.378. The van der Waals surface area contributed by atoms with Gasteiger partial charge in [-0.25, -0.2) is 0 Å². The Balaban J connectivity index is 4.00. The van der Waals surface area contributed by atoms with Gasteiger partial charge in [-0.15, -0.1) is 0 Å². The molecule has 0 aliphatic heterocycles. The normalized spacial score (nSPS) is 12.0. The monoisotopic (exact) mass is 270 g/mol. The summed E-state index contributed by atoms with van der Waals surface area (Å²) in [6.45, 7) is 7.19. The number of aliphatic hydroxyl groups is 1. The van der Waals surface area contributed by atoms with E-state index in [1.54, 1.807) is 0 Å². The van der Waals surface area contributed by atoms with Crippen LogP contribution >= 0.6 is 0 Å². The summed E-state index contributed by atoms with van der Waals surface area (Å²) in [5.41, 5.74) is 0.247. The number of unbranched alkanes of at least 4 members (excludes halogenated alkanes) is 7. The van der Waals surface area contributed by atoms with Crippen LogP contribution in [0.4, 0.5) is 0 Å². The first-order chi connectivity index (χ1) is 9.24. The van der Waals surface area contributed by atoms with Gasteiger partial charge in [0, 0.05) is 6.61 Å². The molecule has 0 aliphatic rings. The molecule has 0 saturated heterocycles. The number of hydrogen-bond donors (Lipinski definition) is 1. The predicted octanol–water partition coefficient (Wildman–Crippen LogP) is 6.10. The summed E-state index contributed by atoms with van der Waals surface area (Å²) in [5.74, 6) is 0. The van der Waals surface area contributed by atoms with Gasteiger partial charge in [0.25, 0.3) is 0 Å². The van der Waals surface area contributed by atoms with E-state index in [1.807, 2.05) is 0 Å². The smallest absolute Gasteiger partial charge is 0.0487 e. The maximum absolute atomic E-state index is 9.87. The molecule has 116 valence electrons. The highest BCUT2D eigenvalue weighted by Crippen LogP contribution is 2.36. The minimum Gasteiger partial charge on any atom is -0.396 e. The summed E-state index contributed by atoms with van der Waals surface area (Å²) in [7, 11) is 0. The van der Waals surface area contributed by atoms with Gasteiger partial charge in [0.15, 0.2) is 0 Å². The second-order valence-corrected chi connectivity index (χ2v) is 6.38. The van der Waals surface area contributed by atoms with Crippen LogP contribution in [0.25, 0.3) is 0 Å². The van der Waals surface area contributed by atoms with Crippen molar-refractivity contribution in [3.05, 3.63) is 0 Å². The van der Waals surface area contributed by atoms with Crippen molar-refractivity contribution in [2.24, 2.45) is 5.41 Å². The van der Waals surface area contributed by atoms with E-state index in [0.29, 0.717) is 6.61 Å². The van der Waals surface area contributed by atoms with Gasteiger partial charge in [-0.2, -0.15) is 0 Å². The van der Waals surface area contributed by atoms with Gasteiger partial charge in [0.1, 0.15) is 0 Å². The molecular formula is C18H38O. The molecule has 1 nitrogen and oxygen atoms in total. The van der Waals surface area contributed by atoms with Crippen molar-refractivity contribution in [1.29, 1.82) is 0 Å². The maximum atomic E-state index is 9.87. The standard InChI is InChI=1S/C18H38O/c1-4-7-10-11-12-13-16-18(17-19,14-8-5-2)15-9-6-3/h19H,4-17H2,1-3H3. The van der Waals surface area contributed by atoms with E-state index in [2.05, 4.69) is 20.8 Å². The fraction of sp³-hybridized carbons (Fsp3) is 1.00. The third-order valence-electron chi connectivity index (χ3n) is 4.52. The highest BCUT2D eigenvalue weighted by Gasteiger charge is 2.27. The molecule has 0 bridgehead atoms. The van der Waals surface area contributed by atoms with E-state index < -0.39 is 0 Å². The zero-order valence-electron chi connectivity index (χ0n) is 13.8. The van der Waals surface area contributed by atoms with Crippen molar-refractivity contribution in [2.45, 2.75) is 104 Å². The van der Waals surface area contributed by atoms with E-state index in [4.69, 9.17) is 0 Å². The Morgan fingerprint density at radius 3 is 1.47 bits per heavy atom. The van der Waals surface area contributed by atoms with Crippen molar-refractivity contribution in [2.75, 3.05) is 6.61 Å². The Hall–Kier alpha value is -0.0400. The topological polar surface area (TPSA) is 20.2 Å². The van der Waals surface area contributed by atoms with E-state index in [0.717, 1.165) is 0 Å². The van der Waals surface area contributed by atoms with Gasteiger partial charge in [0.05, 0.1) is 0 Å². The summed E-state index contributed by atoms with van der Waals surface area (Å²) < 4.78 is 0. The summed E-state index contributed by atoms with van der Waals surface area (Å²) >= 11 is 0. The summed E-state index contributed by atoms with van der Waals surface area (Å²) in [5, 5.41) is 9.87. The molecule has 0 saturated carbocycles. The van der Waals surface area contributed by atoms with Gasteiger partial charge in [-0.3, -0.25) is 0 Å². The lowest BCUT2D eigenvalue weighted by Gasteiger charge is -2.32. The third kappa shape index (κ3) is 9.49. The van der Waals surface area contributed by atoms with Crippen LogP contribution in [0, 0.1) is 5.41 Å². The van der Waals surface area contributed by atoms with E-state index in [-0.39, 0.29) is 5.41 Å². The van der Waals surface area contributed by atoms with Crippen LogP contribution in [0.2, 0.25) is 0 Å². The molecule has 0 aliphatic carbocycles. The lowest BCUT2D eigenvalue weighted by molar-refractivity contribution is 0.0869. The van der Waals surface area contributed by atoms with Gasteiger partial charge in [0.2, 0.25) is 0 Å². The first-order valence-electron chi connectivity index (χ1n) is 8.85. The molecule has 0 amide bonds. The van der Waals surface area contributed by atoms with Crippen molar-refractivity contribution in [3.8, 4) is 0 Å². The molecule has 19 heavy (non-hydrogen) atoms. The first-order valence-corrected chi connectivity index (χ1v) is 8.85. The Morgan fingerprint density at radius 2 is 1.00 bits per heavy atom. The van der Waals surface area contributed by atoms with Crippen molar-refractivity contribution >= 4 is 0 Å². The lowest BCUT2D eigenvalue weighted by atomic mass is 9.75. The molecule has 0 spiro atoms. The maximum Gasteiger partial charge on any atom is 0.0487 e. The average molecular weight is 271 g/mol. The molecule has 1 N–H and O–H groups in total. The van der Waals surface area contributed by atoms with E-state index >= 15 is 0 Å². The third-order valence-corrected chi connectivity index (χ3v) is 4.52. The van der Waals surface area contributed by atoms with Crippen LogP contribution in [-0.2, 0) is 0 Å². The zero-order chi connectivity index (χ0) is 14.4. The summed E-state index contributed by atoms with van der Waals surface area (Å²) in [6, 6.07) is 0. The first kappa shape index (κ1) is 19.0. The van der Waals surface area contributed by atoms with E-state index in [1.165, 1.54) is 83.5 Å². The molecule has 0 aromatic heterocycles. The lowest BCUT2D eigenvalue weighted by Crippen LogP contribution is -2.25. The SMILES string of the molecule is CCCCCCCCC(CO)(CCCC)CCCC. The molecule has 0 atom stereocenters. The fourth-order valence-electron chi connectivity index (χ4n) is 3.00. The van der Waals surface area contributed by atoms with Crippen molar-refractivity contribution < 1.29 is 5.11 Å². The molecule has 0 aromatic carbocycles. The van der Waals surface area contributed by atoms with Gasteiger partial charge in [-0.1, -0.05) is 85.0 Å². The molecule has 0 rings (SSSR count). The van der Waals surface area contributed by atoms with Crippen LogP contribution in [-0.4, -0.2) is 11.7 Å². The predicted molar refractivity (Wildman–Crippen MR) is 86.6 cm³/mol. The largest absolute Gasteiger partial charge is 0.396 e. The Morgan fingerprint density at radius 1 is 0.579 bits per heavy atom. The second-order valence-electron chi connectivity index (χ2n) is 6.38. The molecule has 0 radical (unpaired) electrons. The summed E-state index contributed by atoms with van der Waals surface area (Å²) in [6.07, 6.45) is 16.9. The molecule has 1 heteroatoms. The number of rotatable bonds is 14. The molecule has 0 heterocycles. The fourth-order valence-corrected chi connectivity index (χ4v) is 3.00. The minimum atomic E-state index is 0.247. The average Bonchev–Trinajstić information content (AvgIpc) is 2.45. The molecule has 0 fully saturated rings. The highest BCUT2D eigenvalue weighted by atomic mass is 16.3. The van der Waals surface area contributed by atoms with Gasteiger partial charge in [-0.05, 0) is 24.7 Å². The van der Waals surface area contributed by atoms with E-state index in [9.17, 15) is 5.11 Å². The van der Waals surface area contributed by atoms with Gasteiger partial charge < -0.3 is 5.11 Å². The Labute approximate surface area is 122 Å². The number of aliphatic hydroxyl groups excluding tert-OH is 1. The minimum absolute atomic E-state index is 0.247. The van der Waals surface area contributed by atoms with Crippen LogP contribution in [0.1, 0.15) is 104 Å². The van der Waals surface area contributed by atoms with Crippen LogP contribution in [0.15, 0.2) is 0 Å². The Bertz CT molecular complexity index is 169. The second kappa shape index (κ2) is 13.0. The highest BCUT2D eigenvalue weighted by molar-refractivity contribution is 4.78. The molecule has 0 aromatic rings. The molecule has 0 unspecified atom stereocenters. The van der Waals surface area contributed by atoms with Crippen molar-refractivity contribution in [1.82, 2.24) is 0 Å². The van der Waals surface area contributed by atoms with Crippen LogP contribution in [0.3, 0.4) is 0 Å². The zero-order valence-corrected chi connectivity index (χ0v) is 13.8. The summed E-state index contributed by atoms with van der Waals surface area (Å²) in [4.78, 5) is 0. The molecular weight excluding hydrogens is 232 g/mol. The Kier molecular flexibility index (Phi) is 12.9.